The van der Waals surface area contributed by atoms with Gasteiger partial charge in [0, 0.05) is 12.1 Å². The van der Waals surface area contributed by atoms with Crippen LogP contribution in [0.3, 0.4) is 0 Å². The van der Waals surface area contributed by atoms with Gasteiger partial charge in [-0.3, -0.25) is 14.9 Å². The Morgan fingerprint density at radius 1 is 1.25 bits per heavy atom. The molecule has 2 amide bonds. The topological polar surface area (TPSA) is 67.9 Å². The lowest BCUT2D eigenvalue weighted by Gasteiger charge is -2.18. The summed E-state index contributed by atoms with van der Waals surface area (Å²) in [5.41, 5.74) is 0.709. The molecule has 0 spiro atoms. The number of methoxy groups -OCH3 is 1. The van der Waals surface area contributed by atoms with Crippen molar-refractivity contribution in [1.29, 1.82) is 0 Å². The Labute approximate surface area is 146 Å². The summed E-state index contributed by atoms with van der Waals surface area (Å²) in [6.45, 7) is 7.53. The second-order valence-electron chi connectivity index (χ2n) is 5.13. The van der Waals surface area contributed by atoms with Crippen molar-refractivity contribution in [1.82, 2.24) is 10.2 Å². The summed E-state index contributed by atoms with van der Waals surface area (Å²) < 4.78 is 11.1. The van der Waals surface area contributed by atoms with E-state index in [0.717, 1.165) is 31.4 Å². The largest absolute Gasteiger partial charge is 0.497 e. The zero-order valence-corrected chi connectivity index (χ0v) is 14.9. The van der Waals surface area contributed by atoms with Crippen LogP contribution in [0.15, 0.2) is 23.1 Å². The average Bonchev–Trinajstić information content (AvgIpc) is 2.90. The van der Waals surface area contributed by atoms with Crippen LogP contribution in [0.5, 0.6) is 11.5 Å². The van der Waals surface area contributed by atoms with Crippen LogP contribution in [0.25, 0.3) is 6.08 Å². The SMILES string of the molecule is CCN(CC)CCOc1ccc(OC)cc1C=C1SC(=O)NC1=O. The van der Waals surface area contributed by atoms with E-state index in [-0.39, 0.29) is 11.1 Å². The van der Waals surface area contributed by atoms with Crippen LogP contribution >= 0.6 is 11.8 Å². The first kappa shape index (κ1) is 18.4. The highest BCUT2D eigenvalue weighted by Crippen LogP contribution is 2.31. The lowest BCUT2D eigenvalue weighted by molar-refractivity contribution is -0.115. The van der Waals surface area contributed by atoms with E-state index < -0.39 is 0 Å². The monoisotopic (exact) mass is 350 g/mol. The highest BCUT2D eigenvalue weighted by molar-refractivity contribution is 8.18. The molecule has 1 aromatic carbocycles. The third-order valence-corrected chi connectivity index (χ3v) is 4.52. The zero-order chi connectivity index (χ0) is 17.5. The molecule has 0 atom stereocenters. The summed E-state index contributed by atoms with van der Waals surface area (Å²) in [5.74, 6) is 0.929. The summed E-state index contributed by atoms with van der Waals surface area (Å²) in [4.78, 5) is 25.7. The fourth-order valence-electron chi connectivity index (χ4n) is 2.28. The number of hydrogen-bond donors (Lipinski definition) is 1. The van der Waals surface area contributed by atoms with Crippen LogP contribution in [-0.4, -0.2) is 49.4 Å². The lowest BCUT2D eigenvalue weighted by Crippen LogP contribution is -2.28. The molecule has 0 saturated carbocycles. The van der Waals surface area contributed by atoms with Crippen molar-refractivity contribution in [2.75, 3.05) is 33.4 Å². The molecule has 7 heteroatoms. The van der Waals surface area contributed by atoms with Gasteiger partial charge in [0.25, 0.3) is 11.1 Å². The van der Waals surface area contributed by atoms with Gasteiger partial charge in [0.2, 0.25) is 0 Å². The van der Waals surface area contributed by atoms with Gasteiger partial charge < -0.3 is 14.4 Å². The smallest absolute Gasteiger partial charge is 0.290 e. The van der Waals surface area contributed by atoms with Gasteiger partial charge >= 0.3 is 0 Å². The van der Waals surface area contributed by atoms with Gasteiger partial charge in [-0.25, -0.2) is 0 Å². The molecule has 1 fully saturated rings. The maximum absolute atomic E-state index is 11.7. The fourth-order valence-corrected chi connectivity index (χ4v) is 2.96. The normalized spacial score (nSPS) is 15.9. The molecule has 0 bridgehead atoms. The van der Waals surface area contributed by atoms with Crippen LogP contribution in [0, 0.1) is 0 Å². The first-order chi connectivity index (χ1) is 11.6. The third kappa shape index (κ3) is 4.75. The van der Waals surface area contributed by atoms with Crippen molar-refractivity contribution < 1.29 is 19.1 Å². The summed E-state index contributed by atoms with van der Waals surface area (Å²) >= 11 is 0.884. The van der Waals surface area contributed by atoms with Crippen molar-refractivity contribution in [2.45, 2.75) is 13.8 Å². The second kappa shape index (κ2) is 8.75. The van der Waals surface area contributed by atoms with Crippen molar-refractivity contribution in [3.63, 3.8) is 0 Å². The quantitative estimate of drug-likeness (QED) is 0.727. The van der Waals surface area contributed by atoms with Gasteiger partial charge in [0.15, 0.2) is 0 Å². The number of rotatable bonds is 8. The number of nitrogens with zero attached hydrogens (tertiary/aromatic N) is 1. The summed E-state index contributed by atoms with van der Waals surface area (Å²) in [6.07, 6.45) is 1.65. The predicted molar refractivity (Wildman–Crippen MR) is 95.4 cm³/mol. The Kier molecular flexibility index (Phi) is 6.69. The number of hydrogen-bond acceptors (Lipinski definition) is 6. The second-order valence-corrected chi connectivity index (χ2v) is 6.15. The molecule has 6 nitrogen and oxygen atoms in total. The van der Waals surface area contributed by atoms with E-state index in [0.29, 0.717) is 28.6 Å². The number of nitrogens with one attached hydrogen (secondary N) is 1. The van der Waals surface area contributed by atoms with E-state index in [9.17, 15) is 9.59 Å². The van der Waals surface area contributed by atoms with Gasteiger partial charge in [-0.1, -0.05) is 13.8 Å². The molecule has 2 rings (SSSR count). The molecule has 0 aromatic heterocycles. The minimum absolute atomic E-state index is 0.349. The summed E-state index contributed by atoms with van der Waals surface area (Å²) in [5, 5.41) is 1.88. The lowest BCUT2D eigenvalue weighted by atomic mass is 10.1. The highest BCUT2D eigenvalue weighted by Gasteiger charge is 2.25. The minimum atomic E-state index is -0.387. The number of benzene rings is 1. The standard InChI is InChI=1S/C17H22N2O4S/c1-4-19(5-2)8-9-23-14-7-6-13(22-3)10-12(14)11-15-16(20)18-17(21)24-15/h6-7,10-11H,4-5,8-9H2,1-3H3,(H,18,20,21). The number of ether oxygens (including phenoxy) is 2. The van der Waals surface area contributed by atoms with Gasteiger partial charge in [0.05, 0.1) is 12.0 Å². The molecule has 1 aliphatic heterocycles. The molecule has 130 valence electrons. The van der Waals surface area contributed by atoms with E-state index in [2.05, 4.69) is 24.1 Å². The molecule has 0 unspecified atom stereocenters. The third-order valence-electron chi connectivity index (χ3n) is 3.71. The molecule has 1 heterocycles. The Bertz CT molecular complexity index is 641. The van der Waals surface area contributed by atoms with Crippen LogP contribution in [0.2, 0.25) is 0 Å². The molecule has 1 saturated heterocycles. The number of carbonyl (C=O) groups is 2. The summed E-state index contributed by atoms with van der Waals surface area (Å²) in [7, 11) is 1.58. The highest BCUT2D eigenvalue weighted by atomic mass is 32.2. The average molecular weight is 350 g/mol. The molecular weight excluding hydrogens is 328 g/mol. The number of imide groups is 1. The molecule has 24 heavy (non-hydrogen) atoms. The fraction of sp³-hybridized carbons (Fsp3) is 0.412. The molecule has 1 aromatic rings. The number of thioether (sulfide) groups is 1. The first-order valence-electron chi connectivity index (χ1n) is 7.85. The number of carbonyl (C=O) groups excluding carboxylic acids is 2. The molecule has 1 aliphatic rings. The maximum atomic E-state index is 11.7. The Hall–Kier alpha value is -1.99. The van der Waals surface area contributed by atoms with Gasteiger partial charge in [-0.2, -0.15) is 0 Å². The van der Waals surface area contributed by atoms with E-state index in [1.54, 1.807) is 19.3 Å². The Balaban J connectivity index is 2.17. The van der Waals surface area contributed by atoms with Crippen LogP contribution in [0.4, 0.5) is 4.79 Å². The van der Waals surface area contributed by atoms with Crippen molar-refractivity contribution in [2.24, 2.45) is 0 Å². The zero-order valence-electron chi connectivity index (χ0n) is 14.1. The van der Waals surface area contributed by atoms with E-state index >= 15 is 0 Å². The molecular formula is C17H22N2O4S. The van der Waals surface area contributed by atoms with Crippen molar-refractivity contribution >= 4 is 29.0 Å². The minimum Gasteiger partial charge on any atom is -0.497 e. The Morgan fingerprint density at radius 2 is 2.00 bits per heavy atom. The van der Waals surface area contributed by atoms with E-state index in [1.807, 2.05) is 12.1 Å². The van der Waals surface area contributed by atoms with Crippen LogP contribution < -0.4 is 14.8 Å². The van der Waals surface area contributed by atoms with E-state index in [4.69, 9.17) is 9.47 Å². The van der Waals surface area contributed by atoms with Gasteiger partial charge in [-0.05, 0) is 49.1 Å². The molecule has 0 aliphatic carbocycles. The van der Waals surface area contributed by atoms with Gasteiger partial charge in [-0.15, -0.1) is 0 Å². The molecule has 0 radical (unpaired) electrons. The predicted octanol–water partition coefficient (Wildman–Crippen LogP) is 2.74. The molecule has 1 N–H and O–H groups in total. The summed E-state index contributed by atoms with van der Waals surface area (Å²) in [6, 6.07) is 5.41. The van der Waals surface area contributed by atoms with Crippen LogP contribution in [0.1, 0.15) is 19.4 Å². The maximum Gasteiger partial charge on any atom is 0.290 e. The van der Waals surface area contributed by atoms with E-state index in [1.165, 1.54) is 0 Å². The van der Waals surface area contributed by atoms with Crippen molar-refractivity contribution in [3.8, 4) is 11.5 Å². The Morgan fingerprint density at radius 3 is 2.58 bits per heavy atom. The van der Waals surface area contributed by atoms with Gasteiger partial charge in [0.1, 0.15) is 18.1 Å². The van der Waals surface area contributed by atoms with Crippen LogP contribution in [-0.2, 0) is 4.79 Å². The first-order valence-corrected chi connectivity index (χ1v) is 8.67. The number of likely N-dealkylation sites (N-methyl/N-ethyl adjacent to an activating group) is 1. The number of amides is 2. The van der Waals surface area contributed by atoms with Crippen molar-refractivity contribution in [3.05, 3.63) is 28.7 Å².